The van der Waals surface area contributed by atoms with Gasteiger partial charge in [0.1, 0.15) is 0 Å². The lowest BCUT2D eigenvalue weighted by Gasteiger charge is -2.20. The first-order valence-corrected chi connectivity index (χ1v) is 7.92. The molecule has 2 aromatic rings. The Hall–Kier alpha value is -1.61. The van der Waals surface area contributed by atoms with Crippen molar-refractivity contribution in [1.29, 1.82) is 0 Å². The van der Waals surface area contributed by atoms with E-state index in [0.717, 1.165) is 19.5 Å². The minimum absolute atomic E-state index is 0.237. The summed E-state index contributed by atoms with van der Waals surface area (Å²) in [4.78, 5) is 15.4. The standard InChI is InChI=1S/C17H21NOS/c1-3-18(13-16-5-4-12-20-16)17(19)11-10-15-8-6-14(2)7-9-15/h4-9,12H,3,10-11,13H2,1-2H3. The van der Waals surface area contributed by atoms with E-state index < -0.39 is 0 Å². The molecule has 0 spiro atoms. The number of benzene rings is 1. The summed E-state index contributed by atoms with van der Waals surface area (Å²) in [5, 5.41) is 2.06. The summed E-state index contributed by atoms with van der Waals surface area (Å²) in [6.07, 6.45) is 1.41. The third-order valence-corrected chi connectivity index (χ3v) is 4.27. The van der Waals surface area contributed by atoms with Crippen LogP contribution in [0.4, 0.5) is 0 Å². The van der Waals surface area contributed by atoms with Crippen LogP contribution in [0.15, 0.2) is 41.8 Å². The normalized spacial score (nSPS) is 10.5. The molecule has 0 aliphatic heterocycles. The van der Waals surface area contributed by atoms with Gasteiger partial charge in [-0.05, 0) is 37.3 Å². The zero-order valence-corrected chi connectivity index (χ0v) is 13.0. The number of rotatable bonds is 6. The lowest BCUT2D eigenvalue weighted by molar-refractivity contribution is -0.131. The first kappa shape index (κ1) is 14.8. The molecule has 1 heterocycles. The van der Waals surface area contributed by atoms with Crippen LogP contribution < -0.4 is 0 Å². The van der Waals surface area contributed by atoms with Gasteiger partial charge in [-0.3, -0.25) is 4.79 Å². The van der Waals surface area contributed by atoms with Crippen LogP contribution in [0.5, 0.6) is 0 Å². The molecule has 0 fully saturated rings. The molecule has 20 heavy (non-hydrogen) atoms. The molecule has 106 valence electrons. The quantitative estimate of drug-likeness (QED) is 0.785. The molecule has 0 bridgehead atoms. The van der Waals surface area contributed by atoms with E-state index in [4.69, 9.17) is 0 Å². The van der Waals surface area contributed by atoms with Gasteiger partial charge in [0.25, 0.3) is 0 Å². The van der Waals surface area contributed by atoms with Crippen molar-refractivity contribution in [3.05, 3.63) is 57.8 Å². The summed E-state index contributed by atoms with van der Waals surface area (Å²) in [6, 6.07) is 12.5. The second-order valence-electron chi connectivity index (χ2n) is 4.97. The van der Waals surface area contributed by atoms with Crippen LogP contribution in [0, 0.1) is 6.92 Å². The fraction of sp³-hybridized carbons (Fsp3) is 0.353. The number of hydrogen-bond donors (Lipinski definition) is 0. The predicted octanol–water partition coefficient (Wildman–Crippen LogP) is 4.04. The van der Waals surface area contributed by atoms with E-state index in [1.165, 1.54) is 16.0 Å². The van der Waals surface area contributed by atoms with Gasteiger partial charge in [0.15, 0.2) is 0 Å². The Balaban J connectivity index is 1.87. The third kappa shape index (κ3) is 4.20. The van der Waals surface area contributed by atoms with Crippen molar-refractivity contribution in [3.63, 3.8) is 0 Å². The van der Waals surface area contributed by atoms with Gasteiger partial charge in [-0.2, -0.15) is 0 Å². The second-order valence-corrected chi connectivity index (χ2v) is 6.01. The van der Waals surface area contributed by atoms with Crippen LogP contribution in [0.2, 0.25) is 0 Å². The molecule has 0 atom stereocenters. The van der Waals surface area contributed by atoms with Gasteiger partial charge in [0, 0.05) is 17.8 Å². The molecule has 0 aliphatic carbocycles. The molecule has 3 heteroatoms. The minimum atomic E-state index is 0.237. The maximum absolute atomic E-state index is 12.3. The lowest BCUT2D eigenvalue weighted by atomic mass is 10.1. The number of carbonyl (C=O) groups excluding carboxylic acids is 1. The average molecular weight is 287 g/mol. The van der Waals surface area contributed by atoms with Gasteiger partial charge in [0.2, 0.25) is 5.91 Å². The van der Waals surface area contributed by atoms with E-state index in [-0.39, 0.29) is 5.91 Å². The molecule has 0 saturated heterocycles. The average Bonchev–Trinajstić information content (AvgIpc) is 2.97. The topological polar surface area (TPSA) is 20.3 Å². The largest absolute Gasteiger partial charge is 0.338 e. The number of hydrogen-bond acceptors (Lipinski definition) is 2. The molecule has 2 nitrogen and oxygen atoms in total. The summed E-state index contributed by atoms with van der Waals surface area (Å²) in [7, 11) is 0. The van der Waals surface area contributed by atoms with Gasteiger partial charge < -0.3 is 4.90 Å². The molecule has 0 aliphatic rings. The summed E-state index contributed by atoms with van der Waals surface area (Å²) in [6.45, 7) is 5.62. The van der Waals surface area contributed by atoms with Crippen molar-refractivity contribution in [2.75, 3.05) is 6.54 Å². The molecule has 2 rings (SSSR count). The molecular weight excluding hydrogens is 266 g/mol. The van der Waals surface area contributed by atoms with Gasteiger partial charge in [-0.15, -0.1) is 11.3 Å². The Kier molecular flexibility index (Phi) is 5.36. The molecule has 0 radical (unpaired) electrons. The van der Waals surface area contributed by atoms with E-state index in [2.05, 4.69) is 42.6 Å². The smallest absolute Gasteiger partial charge is 0.223 e. The first-order chi connectivity index (χ1) is 9.69. The van der Waals surface area contributed by atoms with Crippen molar-refractivity contribution in [3.8, 4) is 0 Å². The minimum Gasteiger partial charge on any atom is -0.338 e. The highest BCUT2D eigenvalue weighted by atomic mass is 32.1. The fourth-order valence-electron chi connectivity index (χ4n) is 2.13. The van der Waals surface area contributed by atoms with Gasteiger partial charge in [-0.1, -0.05) is 35.9 Å². The van der Waals surface area contributed by atoms with E-state index in [1.807, 2.05) is 17.9 Å². The van der Waals surface area contributed by atoms with Crippen molar-refractivity contribution in [2.45, 2.75) is 33.2 Å². The summed E-state index contributed by atoms with van der Waals surface area (Å²) < 4.78 is 0. The number of carbonyl (C=O) groups is 1. The van der Waals surface area contributed by atoms with Crippen LogP contribution in [0.1, 0.15) is 29.3 Å². The molecule has 1 aromatic carbocycles. The van der Waals surface area contributed by atoms with Crippen molar-refractivity contribution < 1.29 is 4.79 Å². The molecule has 1 aromatic heterocycles. The van der Waals surface area contributed by atoms with E-state index in [1.54, 1.807) is 11.3 Å². The summed E-state index contributed by atoms with van der Waals surface area (Å²) in [5.41, 5.74) is 2.49. The molecular formula is C17H21NOS. The SMILES string of the molecule is CCN(Cc1cccs1)C(=O)CCc1ccc(C)cc1. The fourth-order valence-corrected chi connectivity index (χ4v) is 2.85. The van der Waals surface area contributed by atoms with Crippen molar-refractivity contribution >= 4 is 17.2 Å². The zero-order chi connectivity index (χ0) is 14.4. The van der Waals surface area contributed by atoms with Crippen LogP contribution in [-0.4, -0.2) is 17.4 Å². The molecule has 0 unspecified atom stereocenters. The Morgan fingerprint density at radius 2 is 1.95 bits per heavy atom. The maximum Gasteiger partial charge on any atom is 0.223 e. The summed E-state index contributed by atoms with van der Waals surface area (Å²) >= 11 is 1.71. The van der Waals surface area contributed by atoms with Crippen molar-refractivity contribution in [1.82, 2.24) is 4.90 Å². The van der Waals surface area contributed by atoms with Crippen LogP contribution >= 0.6 is 11.3 Å². The van der Waals surface area contributed by atoms with Gasteiger partial charge in [0.05, 0.1) is 6.54 Å². The Morgan fingerprint density at radius 3 is 2.55 bits per heavy atom. The van der Waals surface area contributed by atoms with Crippen LogP contribution in [0.25, 0.3) is 0 Å². The highest BCUT2D eigenvalue weighted by Gasteiger charge is 2.12. The van der Waals surface area contributed by atoms with E-state index in [0.29, 0.717) is 6.42 Å². The van der Waals surface area contributed by atoms with Gasteiger partial charge >= 0.3 is 0 Å². The highest BCUT2D eigenvalue weighted by Crippen LogP contribution is 2.13. The second kappa shape index (κ2) is 7.25. The predicted molar refractivity (Wildman–Crippen MR) is 84.9 cm³/mol. The zero-order valence-electron chi connectivity index (χ0n) is 12.1. The highest BCUT2D eigenvalue weighted by molar-refractivity contribution is 7.09. The number of nitrogens with zero attached hydrogens (tertiary/aromatic N) is 1. The van der Waals surface area contributed by atoms with E-state index in [9.17, 15) is 4.79 Å². The lowest BCUT2D eigenvalue weighted by Crippen LogP contribution is -2.30. The first-order valence-electron chi connectivity index (χ1n) is 7.04. The van der Waals surface area contributed by atoms with E-state index >= 15 is 0 Å². The van der Waals surface area contributed by atoms with Gasteiger partial charge in [-0.25, -0.2) is 0 Å². The van der Waals surface area contributed by atoms with Crippen LogP contribution in [0.3, 0.4) is 0 Å². The Bertz CT molecular complexity index is 531. The molecule has 0 N–H and O–H groups in total. The maximum atomic E-state index is 12.3. The molecule has 1 amide bonds. The third-order valence-electron chi connectivity index (χ3n) is 3.41. The number of thiophene rings is 1. The van der Waals surface area contributed by atoms with Crippen molar-refractivity contribution in [2.24, 2.45) is 0 Å². The Morgan fingerprint density at radius 1 is 1.20 bits per heavy atom. The Labute approximate surface area is 125 Å². The number of amides is 1. The number of aryl methyl sites for hydroxylation is 2. The molecule has 0 saturated carbocycles. The van der Waals surface area contributed by atoms with Crippen LogP contribution in [-0.2, 0) is 17.8 Å². The monoisotopic (exact) mass is 287 g/mol. The summed E-state index contributed by atoms with van der Waals surface area (Å²) in [5.74, 6) is 0.237.